The second-order valence-electron chi connectivity index (χ2n) is 7.35. The van der Waals surface area contributed by atoms with Gasteiger partial charge in [0.25, 0.3) is 0 Å². The molecule has 44 heavy (non-hydrogen) atoms. The van der Waals surface area contributed by atoms with Crippen LogP contribution >= 0.6 is 12.8 Å². The molecule has 0 fully saturated rings. The summed E-state index contributed by atoms with van der Waals surface area (Å²) in [6, 6.07) is 31.3. The van der Waals surface area contributed by atoms with Gasteiger partial charge in [-0.1, -0.05) is 102 Å². The van der Waals surface area contributed by atoms with Crippen LogP contribution in [0.15, 0.2) is 125 Å². The topological polar surface area (TPSA) is 136 Å². The van der Waals surface area contributed by atoms with Crippen LogP contribution in [0.3, 0.4) is 0 Å². The normalized spacial score (nSPS) is 9.73. The molecule has 0 bridgehead atoms. The molecule has 0 aliphatic carbocycles. The van der Waals surface area contributed by atoms with Gasteiger partial charge in [-0.3, -0.25) is 10.9 Å². The third-order valence-electron chi connectivity index (χ3n) is 4.45. The molecule has 0 saturated heterocycles. The molecule has 1 radical (unpaired) electrons. The quantitative estimate of drug-likeness (QED) is 0.0518. The molecule has 0 amide bonds. The Bertz CT molecular complexity index is 1180. The number of para-hydroxylation sites is 3. The van der Waals surface area contributed by atoms with E-state index in [0.29, 0.717) is 5.82 Å². The number of anilines is 3. The van der Waals surface area contributed by atoms with Crippen molar-refractivity contribution >= 4 is 43.5 Å². The van der Waals surface area contributed by atoms with Crippen LogP contribution in [0, 0.1) is 0 Å². The molecule has 5 rings (SSSR count). The van der Waals surface area contributed by atoms with Gasteiger partial charge in [-0.15, -0.1) is 6.58 Å². The van der Waals surface area contributed by atoms with Crippen molar-refractivity contribution in [3.8, 4) is 5.69 Å². The van der Waals surface area contributed by atoms with Gasteiger partial charge in [-0.25, -0.2) is 4.68 Å². The first-order valence-corrected chi connectivity index (χ1v) is 15.0. The minimum atomic E-state index is 0.541. The minimum absolute atomic E-state index is 0.541. The van der Waals surface area contributed by atoms with Gasteiger partial charge < -0.3 is 16.9 Å². The number of hydrazine groups is 1. The first kappa shape index (κ1) is 44.1. The summed E-state index contributed by atoms with van der Waals surface area (Å²) < 4.78 is 4.44. The Hall–Kier alpha value is -4.35. The number of allylic oxidation sites excluding steroid dienone is 1. The van der Waals surface area contributed by atoms with Crippen molar-refractivity contribution in [1.82, 2.24) is 9.78 Å². The van der Waals surface area contributed by atoms with E-state index in [-0.39, 0.29) is 0 Å². The molecule has 1 aromatic heterocycles. The molecule has 0 atom stereocenters. The molecule has 0 saturated carbocycles. The number of thiol groups is 1. The number of benzene rings is 3. The maximum absolute atomic E-state index is 5.57. The summed E-state index contributed by atoms with van der Waals surface area (Å²) in [7, 11) is 4.34. The number of hydrazone groups is 1. The summed E-state index contributed by atoms with van der Waals surface area (Å²) in [5.74, 6) is 6.36. The fourth-order valence-electron chi connectivity index (χ4n) is 2.86. The van der Waals surface area contributed by atoms with Crippen molar-refractivity contribution in [1.29, 1.82) is 0 Å². The van der Waals surface area contributed by atoms with Crippen LogP contribution in [0.1, 0.15) is 54.9 Å². The van der Waals surface area contributed by atoms with Crippen molar-refractivity contribution in [2.45, 2.75) is 54.9 Å². The predicted molar refractivity (Wildman–Crippen MR) is 199 cm³/mol. The standard InChI is InChI=1S/C9H11N3.C9H9N3.C6H8N2.C3H6.3C2H6.BHNS/c2*10-9-6-7-12(11-9)8-4-2-1-3-5-8;7-8-6-4-2-1-3-5-6;1-3-2;3*1-2;1-2-3/h1-5H,6-7H2,(H2,10,11);1-7H,(H2,10,11);1-5,8H,7H2;3H,1H2,2H3;3*1-2H3;3H. The molecule has 1 aliphatic rings. The fourth-order valence-corrected chi connectivity index (χ4v) is 2.86. The predicted octanol–water partition coefficient (Wildman–Crippen LogP) is 8.05. The van der Waals surface area contributed by atoms with Gasteiger partial charge >= 0.3 is 24.8 Å². The zero-order chi connectivity index (χ0) is 34.0. The van der Waals surface area contributed by atoms with E-state index in [1.807, 2.05) is 151 Å². The number of rotatable bonds is 3. The molecule has 0 spiro atoms. The van der Waals surface area contributed by atoms with Crippen molar-refractivity contribution in [3.05, 3.63) is 116 Å². The Balaban J connectivity index is -0.000000494. The summed E-state index contributed by atoms with van der Waals surface area (Å²) in [5, 5.41) is 10.2. The van der Waals surface area contributed by atoms with Gasteiger partial charge in [0.2, 0.25) is 0 Å². The molecular weight excluding hydrogens is 565 g/mol. The van der Waals surface area contributed by atoms with Gasteiger partial charge in [-0.2, -0.15) is 10.2 Å². The molecule has 9 nitrogen and oxygen atoms in total. The van der Waals surface area contributed by atoms with Crippen molar-refractivity contribution in [2.24, 2.45) is 21.0 Å². The van der Waals surface area contributed by atoms with E-state index in [4.69, 9.17) is 17.3 Å². The number of aromatic nitrogens is 2. The third kappa shape index (κ3) is 22.3. The Morgan fingerprint density at radius 1 is 0.818 bits per heavy atom. The zero-order valence-corrected chi connectivity index (χ0v) is 28.4. The van der Waals surface area contributed by atoms with E-state index in [1.54, 1.807) is 16.8 Å². The Kier molecular flexibility index (Phi) is 33.2. The zero-order valence-electron chi connectivity index (χ0n) is 27.5. The molecule has 1 aliphatic heterocycles. The van der Waals surface area contributed by atoms with Crippen LogP contribution in [-0.2, 0) is 0 Å². The maximum atomic E-state index is 5.57. The van der Waals surface area contributed by atoms with E-state index >= 15 is 0 Å². The van der Waals surface area contributed by atoms with Crippen molar-refractivity contribution in [2.75, 3.05) is 22.7 Å². The number of nitrogen functional groups attached to an aromatic ring is 2. The van der Waals surface area contributed by atoms with E-state index in [0.717, 1.165) is 35.9 Å². The average molecular weight is 619 g/mol. The number of hydrogen-bond acceptors (Lipinski definition) is 9. The third-order valence-corrected chi connectivity index (χ3v) is 4.45. The van der Waals surface area contributed by atoms with Crippen LogP contribution in [0.25, 0.3) is 5.69 Å². The van der Waals surface area contributed by atoms with Crippen LogP contribution in [0.5, 0.6) is 0 Å². The molecular formula is C33H53BN9S. The van der Waals surface area contributed by atoms with E-state index in [1.165, 1.54) is 0 Å². The number of nitrogens with one attached hydrogen (secondary N) is 1. The molecule has 11 heteroatoms. The Morgan fingerprint density at radius 2 is 1.23 bits per heavy atom. The Morgan fingerprint density at radius 3 is 1.55 bits per heavy atom. The van der Waals surface area contributed by atoms with Crippen molar-refractivity contribution < 1.29 is 0 Å². The van der Waals surface area contributed by atoms with Gasteiger partial charge in [0.15, 0.2) is 0 Å². The van der Waals surface area contributed by atoms with Crippen LogP contribution in [0.4, 0.5) is 17.2 Å². The number of amidine groups is 1. The molecule has 2 heterocycles. The summed E-state index contributed by atoms with van der Waals surface area (Å²) in [6.45, 7) is 18.1. The molecule has 239 valence electrons. The summed E-state index contributed by atoms with van der Waals surface area (Å²) in [5.41, 5.74) is 16.7. The van der Waals surface area contributed by atoms with Gasteiger partial charge in [0.1, 0.15) is 11.7 Å². The monoisotopic (exact) mass is 618 g/mol. The van der Waals surface area contributed by atoms with Crippen molar-refractivity contribution in [3.63, 3.8) is 0 Å². The first-order chi connectivity index (χ1) is 21.5. The van der Waals surface area contributed by atoms with Gasteiger partial charge in [0, 0.05) is 30.9 Å². The van der Waals surface area contributed by atoms with Gasteiger partial charge in [-0.05, 0) is 43.3 Å². The summed E-state index contributed by atoms with van der Waals surface area (Å²) in [6.07, 6.45) is 4.46. The molecule has 7 N–H and O–H groups in total. The fraction of sp³-hybridized carbons (Fsp3) is 0.273. The van der Waals surface area contributed by atoms with Crippen LogP contribution < -0.4 is 27.7 Å². The summed E-state index contributed by atoms with van der Waals surface area (Å²) >= 11 is 3.19. The van der Waals surface area contributed by atoms with E-state index in [2.05, 4.69) is 47.0 Å². The van der Waals surface area contributed by atoms with Crippen LogP contribution in [0.2, 0.25) is 0 Å². The Labute approximate surface area is 272 Å². The number of nitrogens with zero attached hydrogens (tertiary/aromatic N) is 5. The van der Waals surface area contributed by atoms with Crippen LogP contribution in [-0.4, -0.2) is 29.8 Å². The average Bonchev–Trinajstić information content (AvgIpc) is 3.74. The van der Waals surface area contributed by atoms with E-state index < -0.39 is 0 Å². The van der Waals surface area contributed by atoms with Gasteiger partial charge in [0.05, 0.1) is 11.4 Å². The number of hydrogen-bond donors (Lipinski definition) is 5. The van der Waals surface area contributed by atoms with E-state index in [9.17, 15) is 0 Å². The second kappa shape index (κ2) is 33.2. The second-order valence-corrected chi connectivity index (χ2v) is 7.59. The molecule has 0 unspecified atom stereocenters. The first-order valence-electron chi connectivity index (χ1n) is 14.6. The SMILES string of the molecule is C=CC.CC.CC.CC.NC1=NN(c2ccccc2)CC1.NNc1ccccc1.Nc1ccn(-c2ccccc2)n1.[B]=NS. The molecule has 4 aromatic rings. The number of nitrogens with two attached hydrogens (primary N) is 3. The summed E-state index contributed by atoms with van der Waals surface area (Å²) in [4.78, 5) is 0. The molecule has 3 aromatic carbocycles.